The fraction of sp³-hybridized carbons (Fsp3) is 0.136. The normalized spacial score (nSPS) is 16.6. The molecule has 26 heavy (non-hydrogen) atoms. The van der Waals surface area contributed by atoms with Gasteiger partial charge in [-0.05, 0) is 40.1 Å². The Bertz CT molecular complexity index is 1030. The van der Waals surface area contributed by atoms with Gasteiger partial charge in [-0.1, -0.05) is 65.7 Å². The maximum Gasteiger partial charge on any atom is 0.228 e. The first-order valence-electron chi connectivity index (χ1n) is 8.48. The van der Waals surface area contributed by atoms with Crippen molar-refractivity contribution in [1.82, 2.24) is 0 Å². The zero-order chi connectivity index (χ0) is 18.3. The van der Waals surface area contributed by atoms with E-state index in [4.69, 9.17) is 23.2 Å². The van der Waals surface area contributed by atoms with Gasteiger partial charge in [-0.15, -0.1) is 6.58 Å². The van der Waals surface area contributed by atoms with Crippen molar-refractivity contribution in [3.63, 3.8) is 0 Å². The molecule has 0 spiro atoms. The predicted molar refractivity (Wildman–Crippen MR) is 109 cm³/mol. The molecule has 1 heterocycles. The van der Waals surface area contributed by atoms with Crippen molar-refractivity contribution in [3.8, 4) is 0 Å². The molecule has 4 heteroatoms. The van der Waals surface area contributed by atoms with Crippen molar-refractivity contribution in [1.29, 1.82) is 0 Å². The number of rotatable bonds is 3. The molecule has 3 aromatic rings. The third kappa shape index (κ3) is 2.80. The van der Waals surface area contributed by atoms with E-state index in [0.29, 0.717) is 23.0 Å². The first-order valence-corrected chi connectivity index (χ1v) is 9.23. The summed E-state index contributed by atoms with van der Waals surface area (Å²) in [5.41, 5.74) is 3.10. The van der Waals surface area contributed by atoms with Crippen LogP contribution in [0.3, 0.4) is 0 Å². The van der Waals surface area contributed by atoms with Crippen molar-refractivity contribution in [2.24, 2.45) is 0 Å². The number of anilines is 1. The van der Waals surface area contributed by atoms with Gasteiger partial charge in [-0.25, -0.2) is 0 Å². The van der Waals surface area contributed by atoms with E-state index in [9.17, 15) is 4.79 Å². The van der Waals surface area contributed by atoms with Crippen LogP contribution in [0.2, 0.25) is 10.0 Å². The minimum absolute atomic E-state index is 0.0561. The Morgan fingerprint density at radius 2 is 1.88 bits per heavy atom. The molecular formula is C22H17Cl2NO. The number of fused-ring (bicyclic) bond motifs is 3. The molecule has 1 amide bonds. The molecular weight excluding hydrogens is 365 g/mol. The summed E-state index contributed by atoms with van der Waals surface area (Å²) >= 11 is 12.3. The van der Waals surface area contributed by atoms with Gasteiger partial charge in [0.05, 0.1) is 10.0 Å². The molecule has 2 nitrogen and oxygen atoms in total. The van der Waals surface area contributed by atoms with Crippen LogP contribution in [0.15, 0.2) is 67.3 Å². The Hall–Kier alpha value is -2.29. The van der Waals surface area contributed by atoms with E-state index in [1.165, 1.54) is 0 Å². The summed E-state index contributed by atoms with van der Waals surface area (Å²) in [6, 6.07) is 18.0. The maximum atomic E-state index is 12.8. The van der Waals surface area contributed by atoms with Crippen molar-refractivity contribution in [3.05, 3.63) is 88.4 Å². The zero-order valence-corrected chi connectivity index (χ0v) is 15.6. The van der Waals surface area contributed by atoms with Gasteiger partial charge >= 0.3 is 0 Å². The molecule has 130 valence electrons. The monoisotopic (exact) mass is 381 g/mol. The summed E-state index contributed by atoms with van der Waals surface area (Å²) in [5.74, 6) is 0.0307. The van der Waals surface area contributed by atoms with Gasteiger partial charge < -0.3 is 4.90 Å². The molecule has 0 radical (unpaired) electrons. The summed E-state index contributed by atoms with van der Waals surface area (Å²) < 4.78 is 0. The molecule has 0 bridgehead atoms. The quantitative estimate of drug-likeness (QED) is 0.494. The summed E-state index contributed by atoms with van der Waals surface area (Å²) in [6.45, 7) is 4.30. The lowest BCUT2D eigenvalue weighted by Gasteiger charge is -2.35. The van der Waals surface area contributed by atoms with Crippen LogP contribution in [-0.4, -0.2) is 12.5 Å². The molecule has 0 saturated carbocycles. The van der Waals surface area contributed by atoms with Crippen LogP contribution in [-0.2, 0) is 4.79 Å². The second kappa shape index (κ2) is 6.79. The Balaban J connectivity index is 1.98. The van der Waals surface area contributed by atoms with E-state index in [0.717, 1.165) is 27.6 Å². The van der Waals surface area contributed by atoms with E-state index in [1.807, 2.05) is 35.2 Å². The lowest BCUT2D eigenvalue weighted by molar-refractivity contribution is -0.119. The highest BCUT2D eigenvalue weighted by molar-refractivity contribution is 6.42. The van der Waals surface area contributed by atoms with Crippen LogP contribution < -0.4 is 4.90 Å². The minimum atomic E-state index is -0.0561. The van der Waals surface area contributed by atoms with Crippen molar-refractivity contribution in [2.75, 3.05) is 11.4 Å². The largest absolute Gasteiger partial charge is 0.308 e. The van der Waals surface area contributed by atoms with Gasteiger partial charge in [-0.2, -0.15) is 0 Å². The molecule has 1 aliphatic rings. The third-order valence-corrected chi connectivity index (χ3v) is 5.66. The van der Waals surface area contributed by atoms with Crippen molar-refractivity contribution in [2.45, 2.75) is 12.3 Å². The maximum absolute atomic E-state index is 12.8. The van der Waals surface area contributed by atoms with E-state index in [2.05, 4.69) is 24.8 Å². The number of carbonyl (C=O) groups is 1. The van der Waals surface area contributed by atoms with E-state index >= 15 is 0 Å². The van der Waals surface area contributed by atoms with Crippen LogP contribution in [0, 0.1) is 0 Å². The lowest BCUT2D eigenvalue weighted by atomic mass is 9.81. The smallest absolute Gasteiger partial charge is 0.228 e. The van der Waals surface area contributed by atoms with Gasteiger partial charge in [-0.3, -0.25) is 4.79 Å². The number of nitrogens with zero attached hydrogens (tertiary/aromatic N) is 1. The SMILES string of the molecule is C=CCN1C(=O)CC(c2ccc(Cl)c(Cl)c2)c2c1ccc1ccccc21. The molecule has 0 saturated heterocycles. The number of hydrogen-bond donors (Lipinski definition) is 0. The predicted octanol–water partition coefficient (Wildman–Crippen LogP) is 6.20. The standard InChI is InChI=1S/C22H17Cl2NO/c1-2-11-25-20-10-8-14-5-3-4-6-16(14)22(20)17(13-21(25)26)15-7-9-18(23)19(24)12-15/h2-10,12,17H,1,11,13H2. The molecule has 1 aliphatic heterocycles. The summed E-state index contributed by atoms with van der Waals surface area (Å²) in [7, 11) is 0. The second-order valence-electron chi connectivity index (χ2n) is 6.44. The highest BCUT2D eigenvalue weighted by Crippen LogP contribution is 2.44. The molecule has 0 aliphatic carbocycles. The van der Waals surface area contributed by atoms with Crippen LogP contribution >= 0.6 is 23.2 Å². The Labute approximate surface area is 162 Å². The first kappa shape index (κ1) is 17.1. The molecule has 1 unspecified atom stereocenters. The topological polar surface area (TPSA) is 20.3 Å². The Morgan fingerprint density at radius 3 is 2.65 bits per heavy atom. The minimum Gasteiger partial charge on any atom is -0.308 e. The number of benzene rings is 3. The van der Waals surface area contributed by atoms with Crippen molar-refractivity contribution < 1.29 is 4.79 Å². The zero-order valence-electron chi connectivity index (χ0n) is 14.1. The first-order chi connectivity index (χ1) is 12.6. The van der Waals surface area contributed by atoms with E-state index < -0.39 is 0 Å². The molecule has 0 aromatic heterocycles. The third-order valence-electron chi connectivity index (χ3n) is 4.92. The molecule has 0 N–H and O–H groups in total. The summed E-state index contributed by atoms with van der Waals surface area (Å²) in [4.78, 5) is 14.6. The number of carbonyl (C=O) groups excluding carboxylic acids is 1. The molecule has 0 fully saturated rings. The molecule has 4 rings (SSSR count). The number of halogens is 2. The fourth-order valence-electron chi connectivity index (χ4n) is 3.75. The van der Waals surface area contributed by atoms with Crippen LogP contribution in [0.4, 0.5) is 5.69 Å². The van der Waals surface area contributed by atoms with Crippen LogP contribution in [0.5, 0.6) is 0 Å². The van der Waals surface area contributed by atoms with Crippen LogP contribution in [0.25, 0.3) is 10.8 Å². The molecule has 3 aromatic carbocycles. The van der Waals surface area contributed by atoms with Crippen molar-refractivity contribution >= 4 is 45.6 Å². The highest BCUT2D eigenvalue weighted by atomic mass is 35.5. The number of hydrogen-bond acceptors (Lipinski definition) is 1. The number of amides is 1. The van der Waals surface area contributed by atoms with Gasteiger partial charge in [0.25, 0.3) is 0 Å². The van der Waals surface area contributed by atoms with E-state index in [-0.39, 0.29) is 11.8 Å². The van der Waals surface area contributed by atoms with Crippen LogP contribution in [0.1, 0.15) is 23.5 Å². The van der Waals surface area contributed by atoms with Gasteiger partial charge in [0.15, 0.2) is 0 Å². The average Bonchev–Trinajstić information content (AvgIpc) is 2.65. The Kier molecular flexibility index (Phi) is 4.47. The highest BCUT2D eigenvalue weighted by Gasteiger charge is 2.33. The van der Waals surface area contributed by atoms with E-state index in [1.54, 1.807) is 12.1 Å². The van der Waals surface area contributed by atoms with Gasteiger partial charge in [0.1, 0.15) is 0 Å². The average molecular weight is 382 g/mol. The lowest BCUT2D eigenvalue weighted by Crippen LogP contribution is -2.37. The summed E-state index contributed by atoms with van der Waals surface area (Å²) in [6.07, 6.45) is 2.16. The van der Waals surface area contributed by atoms with Gasteiger partial charge in [0.2, 0.25) is 5.91 Å². The molecule has 1 atom stereocenters. The fourth-order valence-corrected chi connectivity index (χ4v) is 4.06. The summed E-state index contributed by atoms with van der Waals surface area (Å²) in [5, 5.41) is 3.34. The second-order valence-corrected chi connectivity index (χ2v) is 7.26. The van der Waals surface area contributed by atoms with Gasteiger partial charge in [0, 0.05) is 24.6 Å². The Morgan fingerprint density at radius 1 is 1.08 bits per heavy atom.